The quantitative estimate of drug-likeness (QED) is 0.782. The van der Waals surface area contributed by atoms with Crippen LogP contribution in [0.2, 0.25) is 0 Å². The summed E-state index contributed by atoms with van der Waals surface area (Å²) in [4.78, 5) is 24.4. The number of carbonyl (C=O) groups is 2. The molecule has 0 amide bonds. The summed E-state index contributed by atoms with van der Waals surface area (Å²) in [5.41, 5.74) is 1.13. The molecular formula is C20H24O5. The first-order valence-electron chi connectivity index (χ1n) is 8.79. The molecule has 3 rings (SSSR count). The van der Waals surface area contributed by atoms with Gasteiger partial charge in [-0.25, -0.2) is 0 Å². The minimum Gasteiger partial charge on any atom is -0.493 e. The molecule has 134 valence electrons. The van der Waals surface area contributed by atoms with Gasteiger partial charge in [-0.1, -0.05) is 31.5 Å². The number of hydrogen-bond acceptors (Lipinski definition) is 5. The van der Waals surface area contributed by atoms with E-state index in [9.17, 15) is 9.59 Å². The van der Waals surface area contributed by atoms with E-state index in [1.165, 1.54) is 6.26 Å². The number of aryl methyl sites for hydroxylation is 1. The maximum atomic E-state index is 12.7. The summed E-state index contributed by atoms with van der Waals surface area (Å²) in [7, 11) is 0. The fraction of sp³-hybridized carbons (Fsp3) is 0.500. The second kappa shape index (κ2) is 7.30. The summed E-state index contributed by atoms with van der Waals surface area (Å²) < 4.78 is 16.9. The summed E-state index contributed by atoms with van der Waals surface area (Å²) >= 11 is 0. The Morgan fingerprint density at radius 1 is 1.20 bits per heavy atom. The Hall–Kier alpha value is -2.30. The summed E-state index contributed by atoms with van der Waals surface area (Å²) in [6.45, 7) is 5.62. The van der Waals surface area contributed by atoms with E-state index in [1.54, 1.807) is 0 Å². The van der Waals surface area contributed by atoms with Crippen molar-refractivity contribution in [2.24, 2.45) is 11.8 Å². The number of rotatable bonds is 4. The summed E-state index contributed by atoms with van der Waals surface area (Å²) in [5.74, 6) is 0.227. The largest absolute Gasteiger partial charge is 0.493 e. The highest BCUT2D eigenvalue weighted by Crippen LogP contribution is 2.35. The number of hydrogen-bond donors (Lipinski definition) is 0. The third kappa shape index (κ3) is 4.03. The standard InChI is InChI=1S/C20H24O5/c1-12(2)20(22)25-15-8-9-16-17(10-15)23-11-18(19(16)21)24-14-6-4-13(3)5-7-14/h4-7,11-12,15-17H,8-10H2,1-3H3. The van der Waals surface area contributed by atoms with Gasteiger partial charge in [0, 0.05) is 6.42 Å². The second-order valence-electron chi connectivity index (χ2n) is 7.07. The molecule has 2 aliphatic rings. The number of benzene rings is 1. The Morgan fingerprint density at radius 2 is 1.92 bits per heavy atom. The Kier molecular flexibility index (Phi) is 5.11. The summed E-state index contributed by atoms with van der Waals surface area (Å²) in [6.07, 6.45) is 2.81. The van der Waals surface area contributed by atoms with E-state index in [4.69, 9.17) is 14.2 Å². The van der Waals surface area contributed by atoms with E-state index in [1.807, 2.05) is 45.0 Å². The van der Waals surface area contributed by atoms with Gasteiger partial charge < -0.3 is 14.2 Å². The maximum absolute atomic E-state index is 12.7. The Balaban J connectivity index is 1.63. The van der Waals surface area contributed by atoms with E-state index in [0.717, 1.165) is 5.56 Å². The Labute approximate surface area is 148 Å². The minimum atomic E-state index is -0.253. The highest BCUT2D eigenvalue weighted by atomic mass is 16.6. The molecule has 1 aliphatic carbocycles. The molecule has 0 saturated heterocycles. The first-order chi connectivity index (χ1) is 11.9. The zero-order valence-corrected chi connectivity index (χ0v) is 14.9. The molecule has 0 bridgehead atoms. The molecule has 1 aromatic carbocycles. The smallest absolute Gasteiger partial charge is 0.308 e. The Bertz CT molecular complexity index is 674. The van der Waals surface area contributed by atoms with Gasteiger partial charge in [-0.15, -0.1) is 0 Å². The van der Waals surface area contributed by atoms with Gasteiger partial charge in [-0.2, -0.15) is 0 Å². The molecule has 0 spiro atoms. The number of allylic oxidation sites excluding steroid dienone is 1. The van der Waals surface area contributed by atoms with Crippen molar-refractivity contribution in [3.63, 3.8) is 0 Å². The van der Waals surface area contributed by atoms with Gasteiger partial charge in [0.2, 0.25) is 11.5 Å². The average Bonchev–Trinajstić information content (AvgIpc) is 2.59. The molecule has 1 aromatic rings. The SMILES string of the molecule is Cc1ccc(OC2=COC3CC(OC(=O)C(C)C)CCC3C2=O)cc1. The predicted molar refractivity (Wildman–Crippen MR) is 91.8 cm³/mol. The molecule has 1 aliphatic heterocycles. The zero-order chi connectivity index (χ0) is 18.0. The fourth-order valence-corrected chi connectivity index (χ4v) is 3.15. The molecule has 3 atom stereocenters. The van der Waals surface area contributed by atoms with Crippen molar-refractivity contribution in [2.45, 2.75) is 52.2 Å². The van der Waals surface area contributed by atoms with E-state index < -0.39 is 0 Å². The van der Waals surface area contributed by atoms with Gasteiger partial charge in [0.15, 0.2) is 0 Å². The first kappa shape index (κ1) is 17.5. The van der Waals surface area contributed by atoms with Crippen LogP contribution in [0.15, 0.2) is 36.3 Å². The van der Waals surface area contributed by atoms with E-state index >= 15 is 0 Å². The molecule has 1 heterocycles. The average molecular weight is 344 g/mol. The van der Waals surface area contributed by atoms with Crippen LogP contribution in [-0.2, 0) is 19.1 Å². The van der Waals surface area contributed by atoms with Crippen molar-refractivity contribution < 1.29 is 23.8 Å². The van der Waals surface area contributed by atoms with Crippen molar-refractivity contribution in [1.29, 1.82) is 0 Å². The van der Waals surface area contributed by atoms with E-state index in [-0.39, 0.29) is 41.6 Å². The van der Waals surface area contributed by atoms with Crippen molar-refractivity contribution in [3.05, 3.63) is 41.9 Å². The molecular weight excluding hydrogens is 320 g/mol. The van der Waals surface area contributed by atoms with Gasteiger partial charge in [0.1, 0.15) is 24.2 Å². The zero-order valence-electron chi connectivity index (χ0n) is 14.9. The van der Waals surface area contributed by atoms with Crippen molar-refractivity contribution in [1.82, 2.24) is 0 Å². The molecule has 0 radical (unpaired) electrons. The molecule has 3 unspecified atom stereocenters. The molecule has 1 fully saturated rings. The van der Waals surface area contributed by atoms with Crippen LogP contribution in [0.1, 0.15) is 38.7 Å². The van der Waals surface area contributed by atoms with Gasteiger partial charge >= 0.3 is 5.97 Å². The molecule has 1 saturated carbocycles. The second-order valence-corrected chi connectivity index (χ2v) is 7.07. The van der Waals surface area contributed by atoms with Gasteiger partial charge in [0.05, 0.1) is 11.8 Å². The van der Waals surface area contributed by atoms with Crippen LogP contribution < -0.4 is 4.74 Å². The number of Topliss-reactive ketones (excluding diaryl/α,β-unsaturated/α-hetero) is 1. The molecule has 0 aromatic heterocycles. The van der Waals surface area contributed by atoms with E-state index in [2.05, 4.69) is 0 Å². The lowest BCUT2D eigenvalue weighted by Crippen LogP contribution is -2.43. The van der Waals surface area contributed by atoms with Crippen LogP contribution >= 0.6 is 0 Å². The highest BCUT2D eigenvalue weighted by Gasteiger charge is 2.42. The van der Waals surface area contributed by atoms with Crippen LogP contribution in [0.5, 0.6) is 5.75 Å². The molecule has 5 heteroatoms. The Morgan fingerprint density at radius 3 is 2.60 bits per heavy atom. The van der Waals surface area contributed by atoms with Crippen LogP contribution in [0.3, 0.4) is 0 Å². The topological polar surface area (TPSA) is 61.8 Å². The molecule has 0 N–H and O–H groups in total. The van der Waals surface area contributed by atoms with Crippen LogP contribution in [0.25, 0.3) is 0 Å². The van der Waals surface area contributed by atoms with Crippen molar-refractivity contribution in [3.8, 4) is 5.75 Å². The third-order valence-corrected chi connectivity index (χ3v) is 4.68. The minimum absolute atomic E-state index is 0.0366. The lowest BCUT2D eigenvalue weighted by molar-refractivity contribution is -0.158. The highest BCUT2D eigenvalue weighted by molar-refractivity contribution is 5.96. The number of fused-ring (bicyclic) bond motifs is 1. The lowest BCUT2D eigenvalue weighted by Gasteiger charge is -2.37. The van der Waals surface area contributed by atoms with Crippen molar-refractivity contribution >= 4 is 11.8 Å². The third-order valence-electron chi connectivity index (χ3n) is 4.68. The summed E-state index contributed by atoms with van der Waals surface area (Å²) in [5, 5.41) is 0. The van der Waals surface area contributed by atoms with Crippen LogP contribution in [-0.4, -0.2) is 24.0 Å². The monoisotopic (exact) mass is 344 g/mol. The number of ether oxygens (including phenoxy) is 3. The van der Waals surface area contributed by atoms with Gasteiger partial charge in [-0.3, -0.25) is 9.59 Å². The number of carbonyl (C=O) groups excluding carboxylic acids is 2. The van der Waals surface area contributed by atoms with E-state index in [0.29, 0.717) is 25.0 Å². The summed E-state index contributed by atoms with van der Waals surface area (Å²) in [6, 6.07) is 7.53. The molecule has 25 heavy (non-hydrogen) atoms. The lowest BCUT2D eigenvalue weighted by atomic mass is 9.80. The van der Waals surface area contributed by atoms with Gasteiger partial charge in [-0.05, 0) is 31.9 Å². The predicted octanol–water partition coefficient (Wildman–Crippen LogP) is 3.55. The normalized spacial score (nSPS) is 25.7. The maximum Gasteiger partial charge on any atom is 0.308 e. The first-order valence-corrected chi connectivity index (χ1v) is 8.79. The fourth-order valence-electron chi connectivity index (χ4n) is 3.15. The number of ketones is 1. The van der Waals surface area contributed by atoms with Crippen LogP contribution in [0, 0.1) is 18.8 Å². The number of esters is 1. The molecule has 5 nitrogen and oxygen atoms in total. The van der Waals surface area contributed by atoms with Crippen LogP contribution in [0.4, 0.5) is 0 Å². The van der Waals surface area contributed by atoms with Gasteiger partial charge in [0.25, 0.3) is 0 Å². The van der Waals surface area contributed by atoms with Crippen molar-refractivity contribution in [2.75, 3.05) is 0 Å².